The number of aliphatic hydroxyl groups excluding tert-OH is 1. The van der Waals surface area contributed by atoms with E-state index in [1.54, 1.807) is 6.07 Å². The predicted molar refractivity (Wildman–Crippen MR) is 54.2 cm³/mol. The van der Waals surface area contributed by atoms with E-state index in [-0.39, 0.29) is 12.1 Å². The van der Waals surface area contributed by atoms with E-state index in [1.807, 2.05) is 0 Å². The van der Waals surface area contributed by atoms with Crippen LogP contribution in [-0.4, -0.2) is 18.3 Å². The summed E-state index contributed by atoms with van der Waals surface area (Å²) in [6, 6.07) is 3.07. The molecule has 0 fully saturated rings. The van der Waals surface area contributed by atoms with Crippen LogP contribution in [0.25, 0.3) is 0 Å². The first-order valence-corrected chi connectivity index (χ1v) is 5.06. The molecule has 1 aliphatic rings. The molecule has 15 heavy (non-hydrogen) atoms. The Bertz CT molecular complexity index is 368. The molecule has 0 bridgehead atoms. The maximum atomic E-state index is 13.5. The minimum Gasteiger partial charge on any atom is -0.493 e. The Morgan fingerprint density at radius 2 is 2.33 bits per heavy atom. The highest BCUT2D eigenvalue weighted by Crippen LogP contribution is 2.34. The molecule has 1 atom stereocenters. The molecule has 2 rings (SSSR count). The SMILES string of the molecule is NCC(O)c1c(F)ccc2c1OCCC2. The average molecular weight is 211 g/mol. The first-order valence-electron chi connectivity index (χ1n) is 5.06. The van der Waals surface area contributed by atoms with Crippen LogP contribution >= 0.6 is 0 Å². The van der Waals surface area contributed by atoms with Crippen LogP contribution in [-0.2, 0) is 6.42 Å². The molecule has 1 unspecified atom stereocenters. The van der Waals surface area contributed by atoms with Crippen molar-refractivity contribution in [3.05, 3.63) is 29.1 Å². The number of fused-ring (bicyclic) bond motifs is 1. The van der Waals surface area contributed by atoms with Crippen molar-refractivity contribution in [1.29, 1.82) is 0 Å². The molecule has 3 N–H and O–H groups in total. The van der Waals surface area contributed by atoms with Gasteiger partial charge in [0.1, 0.15) is 11.6 Å². The van der Waals surface area contributed by atoms with Crippen LogP contribution in [0.15, 0.2) is 12.1 Å². The van der Waals surface area contributed by atoms with Crippen LogP contribution in [0.1, 0.15) is 23.7 Å². The van der Waals surface area contributed by atoms with Crippen molar-refractivity contribution in [2.24, 2.45) is 5.73 Å². The van der Waals surface area contributed by atoms with E-state index in [0.29, 0.717) is 12.4 Å². The smallest absolute Gasteiger partial charge is 0.132 e. The van der Waals surface area contributed by atoms with E-state index in [0.717, 1.165) is 18.4 Å². The summed E-state index contributed by atoms with van der Waals surface area (Å²) in [5.41, 5.74) is 6.49. The summed E-state index contributed by atoms with van der Waals surface area (Å²) in [7, 11) is 0. The fourth-order valence-electron chi connectivity index (χ4n) is 1.85. The van der Waals surface area contributed by atoms with Gasteiger partial charge in [0, 0.05) is 6.54 Å². The van der Waals surface area contributed by atoms with E-state index >= 15 is 0 Å². The number of aliphatic hydroxyl groups is 1. The molecule has 82 valence electrons. The molecule has 0 spiro atoms. The van der Waals surface area contributed by atoms with Crippen LogP contribution < -0.4 is 10.5 Å². The zero-order chi connectivity index (χ0) is 10.8. The summed E-state index contributed by atoms with van der Waals surface area (Å²) < 4.78 is 18.9. The normalized spacial score (nSPS) is 16.7. The quantitative estimate of drug-likeness (QED) is 0.771. The van der Waals surface area contributed by atoms with Crippen molar-refractivity contribution < 1.29 is 14.2 Å². The predicted octanol–water partition coefficient (Wildman–Crippen LogP) is 1.14. The molecule has 0 saturated heterocycles. The summed E-state index contributed by atoms with van der Waals surface area (Å²) in [6.07, 6.45) is 0.800. The number of ether oxygens (including phenoxy) is 1. The Kier molecular flexibility index (Phi) is 2.88. The molecule has 3 nitrogen and oxygen atoms in total. The minimum atomic E-state index is -0.988. The molecule has 1 aliphatic heterocycles. The first kappa shape index (κ1) is 10.4. The highest BCUT2D eigenvalue weighted by Gasteiger charge is 2.22. The van der Waals surface area contributed by atoms with Gasteiger partial charge in [-0.3, -0.25) is 0 Å². The fourth-order valence-corrected chi connectivity index (χ4v) is 1.85. The molecule has 4 heteroatoms. The van der Waals surface area contributed by atoms with Gasteiger partial charge in [-0.25, -0.2) is 4.39 Å². The van der Waals surface area contributed by atoms with Gasteiger partial charge in [-0.2, -0.15) is 0 Å². The maximum absolute atomic E-state index is 13.5. The molecule has 0 radical (unpaired) electrons. The molecule has 1 aromatic carbocycles. The Morgan fingerprint density at radius 1 is 1.53 bits per heavy atom. The van der Waals surface area contributed by atoms with Crippen LogP contribution in [0.3, 0.4) is 0 Å². The summed E-state index contributed by atoms with van der Waals surface area (Å²) in [6.45, 7) is 0.567. The standard InChI is InChI=1S/C11H14FNO2/c12-8-4-3-7-2-1-5-15-11(7)10(8)9(14)6-13/h3-4,9,14H,1-2,5-6,13H2. The summed E-state index contributed by atoms with van der Waals surface area (Å²) in [4.78, 5) is 0. The van der Waals surface area contributed by atoms with Crippen molar-refractivity contribution in [2.45, 2.75) is 18.9 Å². The van der Waals surface area contributed by atoms with E-state index in [1.165, 1.54) is 6.07 Å². The number of rotatable bonds is 2. The minimum absolute atomic E-state index is 0.00324. The lowest BCUT2D eigenvalue weighted by molar-refractivity contribution is 0.171. The van der Waals surface area contributed by atoms with Gasteiger partial charge in [0.25, 0.3) is 0 Å². The van der Waals surface area contributed by atoms with Crippen molar-refractivity contribution in [3.8, 4) is 5.75 Å². The monoisotopic (exact) mass is 211 g/mol. The number of benzene rings is 1. The Labute approximate surface area is 87.7 Å². The molecular weight excluding hydrogens is 197 g/mol. The molecule has 0 saturated carbocycles. The second-order valence-electron chi connectivity index (χ2n) is 3.65. The second kappa shape index (κ2) is 4.16. The molecule has 0 aliphatic carbocycles. The van der Waals surface area contributed by atoms with Crippen LogP contribution in [0.2, 0.25) is 0 Å². The Balaban J connectivity index is 2.50. The van der Waals surface area contributed by atoms with Gasteiger partial charge in [0.05, 0.1) is 18.3 Å². The third-order valence-corrected chi connectivity index (χ3v) is 2.62. The zero-order valence-electron chi connectivity index (χ0n) is 8.37. The van der Waals surface area contributed by atoms with Crippen LogP contribution in [0, 0.1) is 5.82 Å². The number of halogens is 1. The topological polar surface area (TPSA) is 55.5 Å². The largest absolute Gasteiger partial charge is 0.493 e. The number of nitrogens with two attached hydrogens (primary N) is 1. The van der Waals surface area contributed by atoms with Gasteiger partial charge in [-0.15, -0.1) is 0 Å². The second-order valence-corrected chi connectivity index (χ2v) is 3.65. The van der Waals surface area contributed by atoms with Gasteiger partial charge < -0.3 is 15.6 Å². The lowest BCUT2D eigenvalue weighted by Crippen LogP contribution is -2.18. The Hall–Kier alpha value is -1.13. The highest BCUT2D eigenvalue weighted by molar-refractivity contribution is 5.45. The highest BCUT2D eigenvalue weighted by atomic mass is 19.1. The summed E-state index contributed by atoms with van der Waals surface area (Å²) >= 11 is 0. The van der Waals surface area contributed by atoms with E-state index in [4.69, 9.17) is 10.5 Å². The lowest BCUT2D eigenvalue weighted by atomic mass is 9.99. The zero-order valence-corrected chi connectivity index (χ0v) is 8.37. The van der Waals surface area contributed by atoms with Crippen molar-refractivity contribution in [3.63, 3.8) is 0 Å². The summed E-state index contributed by atoms with van der Waals surface area (Å²) in [5.74, 6) is 0.0350. The fraction of sp³-hybridized carbons (Fsp3) is 0.455. The maximum Gasteiger partial charge on any atom is 0.132 e. The van der Waals surface area contributed by atoms with Crippen molar-refractivity contribution in [1.82, 2.24) is 0 Å². The molecule has 0 amide bonds. The summed E-state index contributed by atoms with van der Waals surface area (Å²) in [5, 5.41) is 9.62. The first-order chi connectivity index (χ1) is 7.24. The van der Waals surface area contributed by atoms with Gasteiger partial charge in [-0.05, 0) is 24.5 Å². The van der Waals surface area contributed by atoms with Crippen LogP contribution in [0.5, 0.6) is 5.75 Å². The number of hydrogen-bond donors (Lipinski definition) is 2. The van der Waals surface area contributed by atoms with Gasteiger partial charge >= 0.3 is 0 Å². The van der Waals surface area contributed by atoms with E-state index < -0.39 is 11.9 Å². The van der Waals surface area contributed by atoms with Crippen molar-refractivity contribution >= 4 is 0 Å². The van der Waals surface area contributed by atoms with Crippen molar-refractivity contribution in [2.75, 3.05) is 13.2 Å². The van der Waals surface area contributed by atoms with E-state index in [9.17, 15) is 9.50 Å². The Morgan fingerprint density at radius 3 is 3.07 bits per heavy atom. The molecule has 0 aromatic heterocycles. The van der Waals surface area contributed by atoms with Gasteiger partial charge in [0.15, 0.2) is 0 Å². The van der Waals surface area contributed by atoms with E-state index in [2.05, 4.69) is 0 Å². The van der Waals surface area contributed by atoms with Gasteiger partial charge in [-0.1, -0.05) is 6.07 Å². The average Bonchev–Trinajstić information content (AvgIpc) is 2.28. The lowest BCUT2D eigenvalue weighted by Gasteiger charge is -2.22. The number of aryl methyl sites for hydroxylation is 1. The van der Waals surface area contributed by atoms with Gasteiger partial charge in [0.2, 0.25) is 0 Å². The molecular formula is C11H14FNO2. The number of hydrogen-bond acceptors (Lipinski definition) is 3. The molecule has 1 heterocycles. The third-order valence-electron chi connectivity index (χ3n) is 2.62. The third kappa shape index (κ3) is 1.82. The molecule has 1 aromatic rings. The van der Waals surface area contributed by atoms with Crippen LogP contribution in [0.4, 0.5) is 4.39 Å².